The molecule has 0 saturated heterocycles. The quantitative estimate of drug-likeness (QED) is 0.0228. The fourth-order valence-electron chi connectivity index (χ4n) is 7.94. The lowest BCUT2D eigenvalue weighted by Gasteiger charge is -2.28. The number of primary amides is 1. The molecule has 8 amide bonds. The van der Waals surface area contributed by atoms with Gasteiger partial charge in [-0.05, 0) is 72.4 Å². The summed E-state index contributed by atoms with van der Waals surface area (Å²) >= 11 is 0. The average Bonchev–Trinajstić information content (AvgIpc) is 3.34. The number of nitrogens with zero attached hydrogens (tertiary/aromatic N) is 1. The number of aliphatic carboxylic acids is 1. The van der Waals surface area contributed by atoms with Crippen molar-refractivity contribution in [2.75, 3.05) is 13.1 Å². The molecule has 0 spiro atoms. The van der Waals surface area contributed by atoms with Crippen LogP contribution in [0.25, 0.3) is 10.8 Å². The van der Waals surface area contributed by atoms with Gasteiger partial charge in [-0.15, -0.1) is 0 Å². The Bertz CT molecular complexity index is 2390. The molecule has 16 N–H and O–H groups in total. The third-order valence-corrected chi connectivity index (χ3v) is 12.1. The number of amides is 8. The molecule has 0 aliphatic heterocycles. The van der Waals surface area contributed by atoms with Gasteiger partial charge in [0, 0.05) is 26.3 Å². The Morgan fingerprint density at radius 3 is 1.66 bits per heavy atom. The molecule has 0 radical (unpaired) electrons. The molecular weight excluding hydrogens is 941 g/mol. The second kappa shape index (κ2) is 30.3. The lowest BCUT2D eigenvalue weighted by Crippen LogP contribution is -2.61. The van der Waals surface area contributed by atoms with Gasteiger partial charge < -0.3 is 65.3 Å². The number of rotatable bonds is 31. The van der Waals surface area contributed by atoms with E-state index in [-0.39, 0.29) is 57.1 Å². The predicted octanol–water partition coefficient (Wildman–Crippen LogP) is -0.117. The highest BCUT2D eigenvalue weighted by Gasteiger charge is 2.36. The summed E-state index contributed by atoms with van der Waals surface area (Å²) in [6.45, 7) is 8.40. The molecule has 0 aliphatic carbocycles. The molecular formula is C51H74N12O10. The summed E-state index contributed by atoms with van der Waals surface area (Å²) in [4.78, 5) is 126. The van der Waals surface area contributed by atoms with Crippen LogP contribution in [0, 0.1) is 11.8 Å². The van der Waals surface area contributed by atoms with E-state index in [2.05, 4.69) is 42.2 Å². The number of carboxylic acids is 1. The van der Waals surface area contributed by atoms with E-state index in [1.807, 2.05) is 30.3 Å². The molecule has 0 bridgehead atoms. The van der Waals surface area contributed by atoms with Crippen molar-refractivity contribution in [2.24, 2.45) is 39.8 Å². The number of carbonyl (C=O) groups is 9. The summed E-state index contributed by atoms with van der Waals surface area (Å²) in [6.07, 6.45) is 0.452. The summed E-state index contributed by atoms with van der Waals surface area (Å²) in [5.41, 5.74) is 23.6. The van der Waals surface area contributed by atoms with Crippen LogP contribution in [-0.2, 0) is 56.0 Å². The molecule has 22 nitrogen and oxygen atoms in total. The maximum Gasteiger partial charge on any atom is 0.326 e. The molecule has 0 saturated carbocycles. The van der Waals surface area contributed by atoms with E-state index in [9.17, 15) is 48.3 Å². The van der Waals surface area contributed by atoms with E-state index < -0.39 is 108 Å². The first-order chi connectivity index (χ1) is 34.6. The number of carbonyl (C=O) groups excluding carboxylic acids is 8. The smallest absolute Gasteiger partial charge is 0.326 e. The second-order valence-electron chi connectivity index (χ2n) is 18.4. The highest BCUT2D eigenvalue weighted by Crippen LogP contribution is 2.21. The zero-order chi connectivity index (χ0) is 54.2. The summed E-state index contributed by atoms with van der Waals surface area (Å²) in [6, 6.07) is 12.2. The van der Waals surface area contributed by atoms with Crippen LogP contribution in [0.4, 0.5) is 0 Å². The van der Waals surface area contributed by atoms with Crippen LogP contribution in [0.5, 0.6) is 0 Å². The summed E-state index contributed by atoms with van der Waals surface area (Å²) in [7, 11) is 0. The molecule has 73 heavy (non-hydrogen) atoms. The van der Waals surface area contributed by atoms with Crippen molar-refractivity contribution in [3.05, 3.63) is 83.9 Å². The first kappa shape index (κ1) is 59.7. The number of fused-ring (bicyclic) bond motifs is 1. The molecule has 22 heteroatoms. The lowest BCUT2D eigenvalue weighted by atomic mass is 9.97. The van der Waals surface area contributed by atoms with Gasteiger partial charge in [-0.1, -0.05) is 107 Å². The Balaban J connectivity index is 2.09. The fraction of sp³-hybridized carbons (Fsp3) is 0.490. The van der Waals surface area contributed by atoms with E-state index in [0.29, 0.717) is 30.4 Å². The minimum Gasteiger partial charge on any atom is -0.480 e. The van der Waals surface area contributed by atoms with Crippen molar-refractivity contribution in [3.8, 4) is 0 Å². The van der Waals surface area contributed by atoms with Crippen molar-refractivity contribution < 1.29 is 48.3 Å². The van der Waals surface area contributed by atoms with Crippen molar-refractivity contribution in [1.29, 1.82) is 0 Å². The van der Waals surface area contributed by atoms with Crippen LogP contribution in [0.2, 0.25) is 0 Å². The van der Waals surface area contributed by atoms with Gasteiger partial charge in [0.1, 0.15) is 42.3 Å². The zero-order valence-electron chi connectivity index (χ0n) is 42.3. The summed E-state index contributed by atoms with van der Waals surface area (Å²) in [5, 5.41) is 30.0. The van der Waals surface area contributed by atoms with Crippen LogP contribution < -0.4 is 60.2 Å². The van der Waals surface area contributed by atoms with Gasteiger partial charge in [0.25, 0.3) is 0 Å². The van der Waals surface area contributed by atoms with E-state index in [1.54, 1.807) is 70.2 Å². The molecule has 0 aliphatic rings. The Hall–Kier alpha value is -7.62. The first-order valence-corrected chi connectivity index (χ1v) is 24.5. The monoisotopic (exact) mass is 1010 g/mol. The van der Waals surface area contributed by atoms with Crippen molar-refractivity contribution in [1.82, 2.24) is 37.2 Å². The molecule has 0 fully saturated rings. The van der Waals surface area contributed by atoms with Crippen LogP contribution in [0.3, 0.4) is 0 Å². The number of hydrogen-bond donors (Lipinski definition) is 12. The number of aliphatic imine (C=N–C) groups is 1. The number of guanidine groups is 1. The van der Waals surface area contributed by atoms with Crippen LogP contribution in [0.15, 0.2) is 77.8 Å². The number of carboxylic acid groups (broad SMARTS) is 1. The SMILES string of the molecule is CC[C@H](C)[C@H](NC(=O)[C@H](CC(N)=O)NC(=O)[C@H](CCCCN)NC(=O)[C@H](Cc1cccc2ccccc12)NC(=O)[C@H](Cc1ccccc1)NC(=O)[C@H](CCCN=C(N)N)NC(=O)[C@@H](NC(C)=O)C(C)C)C(=O)O. The van der Waals surface area contributed by atoms with Gasteiger partial charge in [0.15, 0.2) is 5.96 Å². The minimum atomic E-state index is -1.62. The highest BCUT2D eigenvalue weighted by atomic mass is 16.4. The average molecular weight is 1020 g/mol. The Morgan fingerprint density at radius 2 is 1.10 bits per heavy atom. The van der Waals surface area contributed by atoms with Gasteiger partial charge in [-0.3, -0.25) is 43.3 Å². The highest BCUT2D eigenvalue weighted by molar-refractivity contribution is 5.99. The van der Waals surface area contributed by atoms with E-state index in [1.165, 1.54) is 6.92 Å². The summed E-state index contributed by atoms with van der Waals surface area (Å²) in [5.74, 6) is -8.77. The predicted molar refractivity (Wildman–Crippen MR) is 276 cm³/mol. The second-order valence-corrected chi connectivity index (χ2v) is 18.4. The van der Waals surface area contributed by atoms with Gasteiger partial charge in [-0.25, -0.2) is 4.79 Å². The fourth-order valence-corrected chi connectivity index (χ4v) is 7.94. The largest absolute Gasteiger partial charge is 0.480 e. The Kier molecular flexibility index (Phi) is 24.8. The molecule has 0 aromatic heterocycles. The molecule has 0 unspecified atom stereocenters. The maximum absolute atomic E-state index is 14.8. The van der Waals surface area contributed by atoms with Crippen LogP contribution in [0.1, 0.15) is 90.7 Å². The zero-order valence-corrected chi connectivity index (χ0v) is 42.3. The van der Waals surface area contributed by atoms with Gasteiger partial charge in [0.05, 0.1) is 6.42 Å². The Labute approximate surface area is 425 Å². The number of unbranched alkanes of at least 4 members (excludes halogenated alkanes) is 1. The van der Waals surface area contributed by atoms with Gasteiger partial charge >= 0.3 is 5.97 Å². The lowest BCUT2D eigenvalue weighted by molar-refractivity contribution is -0.144. The number of benzene rings is 3. The van der Waals surface area contributed by atoms with Crippen molar-refractivity contribution in [3.63, 3.8) is 0 Å². The van der Waals surface area contributed by atoms with E-state index >= 15 is 0 Å². The summed E-state index contributed by atoms with van der Waals surface area (Å²) < 4.78 is 0. The minimum absolute atomic E-state index is 0.0121. The van der Waals surface area contributed by atoms with Crippen LogP contribution in [-0.4, -0.2) is 120 Å². The molecule has 8 atom stereocenters. The third kappa shape index (κ3) is 20.2. The standard InChI is InChI=1S/C51H74N12O10/c1-6-30(4)43(50(72)73)63-48(70)40(28-41(53)65)62-44(66)36(22-12-13-24-52)58-47(69)39(27-34-20-14-19-33-18-10-11-21-35(33)34)61-46(68)38(26-32-16-8-7-9-17-32)60-45(67)37(23-15-25-56-51(54)55)59-49(71)42(29(2)3)57-31(5)64/h7-11,14,16-21,29-30,36-40,42-43H,6,12-13,15,22-28,52H2,1-5H3,(H2,53,65)(H,57,64)(H,58,69)(H,59,71)(H,60,67)(H,61,68)(H,62,66)(H,63,70)(H,72,73)(H4,54,55,56)/t30-,36-,37-,38-,39-,40-,42-,43-/m0/s1. The molecule has 398 valence electrons. The van der Waals surface area contributed by atoms with Crippen molar-refractivity contribution >= 4 is 70.0 Å². The number of hydrogen-bond acceptors (Lipinski definition) is 11. The number of nitrogens with one attached hydrogen (secondary N) is 7. The normalized spacial score (nSPS) is 14.3. The maximum atomic E-state index is 14.8. The molecule has 3 aromatic rings. The van der Waals surface area contributed by atoms with Gasteiger partial charge in [-0.2, -0.15) is 0 Å². The van der Waals surface area contributed by atoms with Crippen LogP contribution >= 0.6 is 0 Å². The molecule has 3 rings (SSSR count). The molecule has 0 heterocycles. The van der Waals surface area contributed by atoms with Crippen molar-refractivity contribution in [2.45, 2.75) is 135 Å². The Morgan fingerprint density at radius 1 is 0.575 bits per heavy atom. The molecule has 3 aromatic carbocycles. The third-order valence-electron chi connectivity index (χ3n) is 12.1. The van der Waals surface area contributed by atoms with Gasteiger partial charge in [0.2, 0.25) is 47.3 Å². The number of nitrogens with two attached hydrogens (primary N) is 4. The topological polar surface area (TPSA) is 375 Å². The first-order valence-electron chi connectivity index (χ1n) is 24.5. The van der Waals surface area contributed by atoms with E-state index in [0.717, 1.165) is 10.8 Å². The van der Waals surface area contributed by atoms with E-state index in [4.69, 9.17) is 22.9 Å².